The summed E-state index contributed by atoms with van der Waals surface area (Å²) < 4.78 is 21.5. The van der Waals surface area contributed by atoms with Crippen molar-refractivity contribution >= 4 is 0 Å². The van der Waals surface area contributed by atoms with E-state index in [0.717, 1.165) is 25.7 Å². The van der Waals surface area contributed by atoms with Crippen molar-refractivity contribution in [2.24, 2.45) is 0 Å². The third kappa shape index (κ3) is 13.3. The van der Waals surface area contributed by atoms with Gasteiger partial charge in [-0.15, -0.1) is 0 Å². The molecule has 2 saturated heterocycles. The van der Waals surface area contributed by atoms with Crippen LogP contribution in [0.4, 0.5) is 0 Å². The number of aliphatic hydroxyl groups excluding tert-OH is 6. The third-order valence-electron chi connectivity index (χ3n) is 7.51. The molecule has 38 heavy (non-hydrogen) atoms. The van der Waals surface area contributed by atoms with Crippen LogP contribution in [0.25, 0.3) is 0 Å². The first-order chi connectivity index (χ1) is 18.4. The van der Waals surface area contributed by atoms with E-state index in [4.69, 9.17) is 18.9 Å². The van der Waals surface area contributed by atoms with E-state index in [2.05, 4.69) is 0 Å². The summed E-state index contributed by atoms with van der Waals surface area (Å²) in [6, 6.07) is 0. The molecule has 226 valence electrons. The van der Waals surface area contributed by atoms with Crippen LogP contribution in [0.5, 0.6) is 0 Å². The van der Waals surface area contributed by atoms with Crippen molar-refractivity contribution in [3.63, 3.8) is 0 Å². The standard InChI is InChI=1S/C28H54O10/c29-21-19-37-27(25(33)23(21)31)35-17-15-13-11-9-7-5-3-1-2-4-6-8-10-12-14-16-18-36-28-26(34)24(32)22(30)20-38-28/h21-34H,1-20H2/t21-,22-,23+,24+,25-,26-,27+,28+/m1/s1. The molecule has 2 fully saturated rings. The molecule has 0 spiro atoms. The monoisotopic (exact) mass is 550 g/mol. The molecule has 0 saturated carbocycles. The Morgan fingerprint density at radius 2 is 0.658 bits per heavy atom. The number of hydrogen-bond donors (Lipinski definition) is 6. The Hall–Kier alpha value is -0.400. The number of hydrogen-bond acceptors (Lipinski definition) is 10. The first kappa shape index (κ1) is 33.8. The molecule has 8 atom stereocenters. The van der Waals surface area contributed by atoms with E-state index in [1.807, 2.05) is 0 Å². The SMILES string of the molecule is O[C@@H]1[C@@H](O)[C@@H](OCCCCCCCCCCCCCCCCCCO[C@H]2OC[C@@H](O)[C@H](O)[C@H]2O)OC[C@H]1O. The summed E-state index contributed by atoms with van der Waals surface area (Å²) in [4.78, 5) is 0. The molecule has 0 amide bonds. The van der Waals surface area contributed by atoms with Gasteiger partial charge in [0.05, 0.1) is 13.2 Å². The summed E-state index contributed by atoms with van der Waals surface area (Å²) in [5.74, 6) is 0. The van der Waals surface area contributed by atoms with E-state index in [1.165, 1.54) is 77.0 Å². The van der Waals surface area contributed by atoms with Gasteiger partial charge in [-0.05, 0) is 12.8 Å². The third-order valence-corrected chi connectivity index (χ3v) is 7.51. The van der Waals surface area contributed by atoms with Crippen molar-refractivity contribution in [2.45, 2.75) is 152 Å². The zero-order valence-corrected chi connectivity index (χ0v) is 23.1. The minimum Gasteiger partial charge on any atom is -0.388 e. The van der Waals surface area contributed by atoms with Crippen LogP contribution in [0.15, 0.2) is 0 Å². The molecule has 0 unspecified atom stereocenters. The van der Waals surface area contributed by atoms with E-state index >= 15 is 0 Å². The fraction of sp³-hybridized carbons (Fsp3) is 1.00. The van der Waals surface area contributed by atoms with Gasteiger partial charge >= 0.3 is 0 Å². The van der Waals surface area contributed by atoms with Gasteiger partial charge in [-0.3, -0.25) is 0 Å². The summed E-state index contributed by atoms with van der Waals surface area (Å²) in [5, 5.41) is 57.8. The predicted molar refractivity (Wildman–Crippen MR) is 141 cm³/mol. The van der Waals surface area contributed by atoms with E-state index < -0.39 is 49.2 Å². The highest BCUT2D eigenvalue weighted by Crippen LogP contribution is 2.19. The first-order valence-electron chi connectivity index (χ1n) is 15.0. The summed E-state index contributed by atoms with van der Waals surface area (Å²) in [6.07, 6.45) is 10.5. The lowest BCUT2D eigenvalue weighted by atomic mass is 10.0. The molecule has 2 heterocycles. The van der Waals surface area contributed by atoms with Gasteiger partial charge in [-0.25, -0.2) is 0 Å². The predicted octanol–water partition coefficient (Wildman–Crippen LogP) is 2.14. The lowest BCUT2D eigenvalue weighted by molar-refractivity contribution is -0.270. The highest BCUT2D eigenvalue weighted by atomic mass is 16.7. The molecule has 0 aromatic heterocycles. The number of unbranched alkanes of at least 4 members (excludes halogenated alkanes) is 15. The zero-order chi connectivity index (χ0) is 27.6. The number of rotatable bonds is 21. The van der Waals surface area contributed by atoms with Crippen molar-refractivity contribution in [1.29, 1.82) is 0 Å². The lowest BCUT2D eigenvalue weighted by Gasteiger charge is -2.34. The van der Waals surface area contributed by atoms with Crippen LogP contribution in [-0.4, -0.2) is 106 Å². The smallest absolute Gasteiger partial charge is 0.186 e. The molecular formula is C28H54O10. The molecular weight excluding hydrogens is 496 g/mol. The molecule has 2 aliphatic heterocycles. The first-order valence-corrected chi connectivity index (χ1v) is 15.0. The van der Waals surface area contributed by atoms with Gasteiger partial charge < -0.3 is 49.6 Å². The molecule has 10 heteroatoms. The van der Waals surface area contributed by atoms with Crippen molar-refractivity contribution in [3.05, 3.63) is 0 Å². The van der Waals surface area contributed by atoms with Gasteiger partial charge in [0, 0.05) is 13.2 Å². The minimum absolute atomic E-state index is 0.0216. The summed E-state index contributed by atoms with van der Waals surface area (Å²) >= 11 is 0. The van der Waals surface area contributed by atoms with Crippen LogP contribution in [0.2, 0.25) is 0 Å². The summed E-state index contributed by atoms with van der Waals surface area (Å²) in [5.41, 5.74) is 0. The molecule has 10 nitrogen and oxygen atoms in total. The van der Waals surface area contributed by atoms with Crippen LogP contribution in [-0.2, 0) is 18.9 Å². The van der Waals surface area contributed by atoms with Crippen LogP contribution < -0.4 is 0 Å². The number of aliphatic hydroxyl groups is 6. The Balaban J connectivity index is 1.24. The second-order valence-corrected chi connectivity index (χ2v) is 10.9. The quantitative estimate of drug-likeness (QED) is 0.117. The maximum absolute atomic E-state index is 9.83. The fourth-order valence-electron chi connectivity index (χ4n) is 4.93. The molecule has 2 aliphatic rings. The Morgan fingerprint density at radius 1 is 0.395 bits per heavy atom. The summed E-state index contributed by atoms with van der Waals surface area (Å²) in [6.45, 7) is 0.925. The van der Waals surface area contributed by atoms with Crippen molar-refractivity contribution < 1.29 is 49.6 Å². The van der Waals surface area contributed by atoms with Crippen molar-refractivity contribution in [1.82, 2.24) is 0 Å². The van der Waals surface area contributed by atoms with Crippen LogP contribution in [0, 0.1) is 0 Å². The number of ether oxygens (including phenoxy) is 4. The minimum atomic E-state index is -1.22. The largest absolute Gasteiger partial charge is 0.388 e. The highest BCUT2D eigenvalue weighted by molar-refractivity contribution is 4.83. The van der Waals surface area contributed by atoms with E-state index in [1.54, 1.807) is 0 Å². The Bertz CT molecular complexity index is 520. The van der Waals surface area contributed by atoms with Gasteiger partial charge in [-0.1, -0.05) is 89.9 Å². The van der Waals surface area contributed by atoms with Gasteiger partial charge in [0.1, 0.15) is 36.6 Å². The maximum atomic E-state index is 9.83. The zero-order valence-electron chi connectivity index (χ0n) is 23.1. The van der Waals surface area contributed by atoms with Crippen molar-refractivity contribution in [3.8, 4) is 0 Å². The molecule has 0 bridgehead atoms. The highest BCUT2D eigenvalue weighted by Gasteiger charge is 2.38. The van der Waals surface area contributed by atoms with E-state index in [0.29, 0.717) is 13.2 Å². The molecule has 2 rings (SSSR count). The Labute approximate surface area is 228 Å². The lowest BCUT2D eigenvalue weighted by Crippen LogP contribution is -2.53. The second-order valence-electron chi connectivity index (χ2n) is 10.9. The average molecular weight is 551 g/mol. The van der Waals surface area contributed by atoms with E-state index in [9.17, 15) is 30.6 Å². The second kappa shape index (κ2) is 20.5. The van der Waals surface area contributed by atoms with E-state index in [-0.39, 0.29) is 13.2 Å². The molecule has 0 aromatic rings. The van der Waals surface area contributed by atoms with Gasteiger partial charge in [0.2, 0.25) is 0 Å². The fourth-order valence-corrected chi connectivity index (χ4v) is 4.93. The van der Waals surface area contributed by atoms with Gasteiger partial charge in [0.25, 0.3) is 0 Å². The average Bonchev–Trinajstić information content (AvgIpc) is 2.91. The molecule has 0 radical (unpaired) electrons. The maximum Gasteiger partial charge on any atom is 0.186 e. The Kier molecular flexibility index (Phi) is 18.2. The van der Waals surface area contributed by atoms with Crippen molar-refractivity contribution in [2.75, 3.05) is 26.4 Å². The summed E-state index contributed by atoms with van der Waals surface area (Å²) in [7, 11) is 0. The normalized spacial score (nSPS) is 32.1. The van der Waals surface area contributed by atoms with Crippen LogP contribution >= 0.6 is 0 Å². The topological polar surface area (TPSA) is 158 Å². The van der Waals surface area contributed by atoms with Crippen LogP contribution in [0.3, 0.4) is 0 Å². The van der Waals surface area contributed by atoms with Gasteiger partial charge in [-0.2, -0.15) is 0 Å². The van der Waals surface area contributed by atoms with Gasteiger partial charge in [0.15, 0.2) is 12.6 Å². The Morgan fingerprint density at radius 3 is 0.947 bits per heavy atom. The van der Waals surface area contributed by atoms with Crippen LogP contribution in [0.1, 0.15) is 103 Å². The molecule has 0 aromatic carbocycles. The molecule has 0 aliphatic carbocycles. The molecule has 6 N–H and O–H groups in total.